The Balaban J connectivity index is 2.63. The molecule has 1 aromatic carbocycles. The zero-order valence-corrected chi connectivity index (χ0v) is 15.1. The molecule has 0 aromatic heterocycles. The van der Waals surface area contributed by atoms with E-state index in [0.717, 1.165) is 0 Å². The van der Waals surface area contributed by atoms with Crippen molar-refractivity contribution in [2.45, 2.75) is 18.7 Å². The van der Waals surface area contributed by atoms with Crippen LogP contribution in [-0.4, -0.2) is 27.4 Å². The van der Waals surface area contributed by atoms with Gasteiger partial charge in [0.15, 0.2) is 0 Å². The summed E-state index contributed by atoms with van der Waals surface area (Å²) in [7, 11) is -3.61. The van der Waals surface area contributed by atoms with Crippen LogP contribution in [0.2, 0.25) is 0 Å². The van der Waals surface area contributed by atoms with E-state index in [1.165, 1.54) is 6.07 Å². The maximum absolute atomic E-state index is 12.1. The van der Waals surface area contributed by atoms with Crippen LogP contribution in [0.25, 0.3) is 0 Å². The van der Waals surface area contributed by atoms with Crippen molar-refractivity contribution in [3.63, 3.8) is 0 Å². The van der Waals surface area contributed by atoms with Crippen molar-refractivity contribution in [2.24, 2.45) is 5.92 Å². The van der Waals surface area contributed by atoms with Crippen molar-refractivity contribution < 1.29 is 13.2 Å². The molecule has 0 heterocycles. The third-order valence-corrected chi connectivity index (χ3v) is 5.37. The molecule has 0 aliphatic carbocycles. The lowest BCUT2D eigenvalue weighted by Gasteiger charge is -2.10. The summed E-state index contributed by atoms with van der Waals surface area (Å²) in [6.45, 7) is 3.94. The average molecular weight is 428 g/mol. The van der Waals surface area contributed by atoms with E-state index in [0.29, 0.717) is 8.95 Å². The predicted octanol–water partition coefficient (Wildman–Crippen LogP) is 2.26. The predicted molar refractivity (Wildman–Crippen MR) is 84.9 cm³/mol. The lowest BCUT2D eigenvalue weighted by Crippen LogP contribution is -2.36. The molecule has 0 aliphatic heterocycles. The standard InChI is InChI=1S/C12H16Br2N2O3S/c1-8(2)12(17)15-5-6-16-20(18,19)11-7-9(13)3-4-10(11)14/h3-4,7-8,16H,5-6H2,1-2H3,(H,15,17). The van der Waals surface area contributed by atoms with Crippen molar-refractivity contribution in [3.8, 4) is 0 Å². The first-order valence-corrected chi connectivity index (χ1v) is 9.03. The number of benzene rings is 1. The van der Waals surface area contributed by atoms with Crippen molar-refractivity contribution in [3.05, 3.63) is 27.1 Å². The summed E-state index contributed by atoms with van der Waals surface area (Å²) >= 11 is 6.44. The Hall–Kier alpha value is -0.440. The molecule has 0 saturated heterocycles. The monoisotopic (exact) mass is 426 g/mol. The minimum Gasteiger partial charge on any atom is -0.355 e. The van der Waals surface area contributed by atoms with Gasteiger partial charge in [-0.05, 0) is 34.1 Å². The minimum absolute atomic E-state index is 0.104. The highest BCUT2D eigenvalue weighted by Gasteiger charge is 2.17. The van der Waals surface area contributed by atoms with Gasteiger partial charge in [0.1, 0.15) is 0 Å². The van der Waals surface area contributed by atoms with Crippen LogP contribution in [0.5, 0.6) is 0 Å². The highest BCUT2D eigenvalue weighted by Crippen LogP contribution is 2.25. The number of hydrogen-bond acceptors (Lipinski definition) is 3. The van der Waals surface area contributed by atoms with Crippen molar-refractivity contribution >= 4 is 47.8 Å². The van der Waals surface area contributed by atoms with E-state index < -0.39 is 10.0 Å². The second-order valence-corrected chi connectivity index (χ2v) is 7.92. The summed E-state index contributed by atoms with van der Waals surface area (Å²) in [5, 5.41) is 2.65. The summed E-state index contributed by atoms with van der Waals surface area (Å²) in [6.07, 6.45) is 0. The molecule has 20 heavy (non-hydrogen) atoms. The molecule has 0 saturated carbocycles. The fourth-order valence-corrected chi connectivity index (χ4v) is 3.87. The Morgan fingerprint density at radius 1 is 1.25 bits per heavy atom. The third-order valence-electron chi connectivity index (χ3n) is 2.42. The molecule has 2 N–H and O–H groups in total. The number of nitrogens with one attached hydrogen (secondary N) is 2. The number of carbonyl (C=O) groups is 1. The minimum atomic E-state index is -3.61. The lowest BCUT2D eigenvalue weighted by molar-refractivity contribution is -0.123. The molecule has 1 rings (SSSR count). The van der Waals surface area contributed by atoms with Gasteiger partial charge in [0, 0.05) is 28.0 Å². The highest BCUT2D eigenvalue weighted by atomic mass is 79.9. The van der Waals surface area contributed by atoms with Gasteiger partial charge < -0.3 is 5.32 Å². The second kappa shape index (κ2) is 7.53. The number of carbonyl (C=O) groups excluding carboxylic acids is 1. The number of halogens is 2. The van der Waals surface area contributed by atoms with E-state index in [9.17, 15) is 13.2 Å². The normalized spacial score (nSPS) is 11.7. The van der Waals surface area contributed by atoms with Crippen LogP contribution in [-0.2, 0) is 14.8 Å². The Morgan fingerprint density at radius 3 is 2.50 bits per heavy atom. The molecule has 1 aromatic rings. The van der Waals surface area contributed by atoms with Crippen LogP contribution in [0, 0.1) is 5.92 Å². The third kappa shape index (κ3) is 5.16. The van der Waals surface area contributed by atoms with E-state index in [4.69, 9.17) is 0 Å². The zero-order chi connectivity index (χ0) is 15.3. The van der Waals surface area contributed by atoms with E-state index in [1.54, 1.807) is 26.0 Å². The summed E-state index contributed by atoms with van der Waals surface area (Å²) in [5.74, 6) is -0.223. The fraction of sp³-hybridized carbons (Fsp3) is 0.417. The summed E-state index contributed by atoms with van der Waals surface area (Å²) in [5.41, 5.74) is 0. The molecule has 0 radical (unpaired) electrons. The van der Waals surface area contributed by atoms with Crippen molar-refractivity contribution in [2.75, 3.05) is 13.1 Å². The Labute approximate surface area is 135 Å². The molecule has 0 aliphatic rings. The number of amides is 1. The Morgan fingerprint density at radius 2 is 1.90 bits per heavy atom. The molecule has 5 nitrogen and oxygen atoms in total. The first-order chi connectivity index (χ1) is 9.24. The van der Waals surface area contributed by atoms with Crippen LogP contribution < -0.4 is 10.0 Å². The summed E-state index contributed by atoms with van der Waals surface area (Å²) in [6, 6.07) is 4.91. The second-order valence-electron chi connectivity index (χ2n) is 4.42. The molecular weight excluding hydrogens is 412 g/mol. The van der Waals surface area contributed by atoms with Gasteiger partial charge in [-0.25, -0.2) is 13.1 Å². The molecule has 1 amide bonds. The van der Waals surface area contributed by atoms with Gasteiger partial charge in [-0.15, -0.1) is 0 Å². The lowest BCUT2D eigenvalue weighted by atomic mass is 10.2. The highest BCUT2D eigenvalue weighted by molar-refractivity contribution is 9.11. The SMILES string of the molecule is CC(C)C(=O)NCCNS(=O)(=O)c1cc(Br)ccc1Br. The molecule has 0 atom stereocenters. The van der Waals surface area contributed by atoms with E-state index >= 15 is 0 Å². The van der Waals surface area contributed by atoms with Crippen LogP contribution in [0.1, 0.15) is 13.8 Å². The summed E-state index contributed by atoms with van der Waals surface area (Å²) < 4.78 is 27.8. The Kier molecular flexibility index (Phi) is 6.63. The van der Waals surface area contributed by atoms with Crippen LogP contribution in [0.4, 0.5) is 0 Å². The number of hydrogen-bond donors (Lipinski definition) is 2. The van der Waals surface area contributed by atoms with Crippen LogP contribution >= 0.6 is 31.9 Å². The van der Waals surface area contributed by atoms with E-state index in [-0.39, 0.29) is 29.8 Å². The fourth-order valence-electron chi connectivity index (χ4n) is 1.34. The first kappa shape index (κ1) is 17.6. The van der Waals surface area contributed by atoms with Crippen LogP contribution in [0.15, 0.2) is 32.0 Å². The molecule has 0 unspecified atom stereocenters. The molecule has 0 bridgehead atoms. The largest absolute Gasteiger partial charge is 0.355 e. The van der Waals surface area contributed by atoms with Gasteiger partial charge in [-0.3, -0.25) is 4.79 Å². The molecule has 8 heteroatoms. The average Bonchev–Trinajstić information content (AvgIpc) is 2.37. The van der Waals surface area contributed by atoms with Crippen molar-refractivity contribution in [1.29, 1.82) is 0 Å². The van der Waals surface area contributed by atoms with Gasteiger partial charge >= 0.3 is 0 Å². The van der Waals surface area contributed by atoms with E-state index in [1.807, 2.05) is 0 Å². The first-order valence-electron chi connectivity index (χ1n) is 5.96. The maximum atomic E-state index is 12.1. The van der Waals surface area contributed by atoms with E-state index in [2.05, 4.69) is 41.9 Å². The maximum Gasteiger partial charge on any atom is 0.241 e. The topological polar surface area (TPSA) is 75.3 Å². The van der Waals surface area contributed by atoms with Gasteiger partial charge in [0.25, 0.3) is 0 Å². The number of sulfonamides is 1. The zero-order valence-electron chi connectivity index (χ0n) is 11.1. The van der Waals surface area contributed by atoms with Crippen molar-refractivity contribution in [1.82, 2.24) is 10.0 Å². The molecular formula is C12H16Br2N2O3S. The Bertz CT molecular complexity index is 588. The smallest absolute Gasteiger partial charge is 0.241 e. The molecule has 0 fully saturated rings. The molecule has 112 valence electrons. The van der Waals surface area contributed by atoms with Gasteiger partial charge in [0.05, 0.1) is 4.90 Å². The van der Waals surface area contributed by atoms with Gasteiger partial charge in [-0.1, -0.05) is 29.8 Å². The van der Waals surface area contributed by atoms with Gasteiger partial charge in [0.2, 0.25) is 15.9 Å². The van der Waals surface area contributed by atoms with Crippen LogP contribution in [0.3, 0.4) is 0 Å². The van der Waals surface area contributed by atoms with Gasteiger partial charge in [-0.2, -0.15) is 0 Å². The summed E-state index contributed by atoms with van der Waals surface area (Å²) in [4.78, 5) is 11.5. The quantitative estimate of drug-likeness (QED) is 0.683. The number of rotatable bonds is 6. The molecule has 0 spiro atoms.